The Kier molecular flexibility index (Phi) is 7.44. The Hall–Kier alpha value is -3.07. The molecule has 0 spiro atoms. The lowest BCUT2D eigenvalue weighted by Gasteiger charge is -2.23. The summed E-state index contributed by atoms with van der Waals surface area (Å²) in [6.07, 6.45) is -1.51. The Morgan fingerprint density at radius 2 is 1.60 bits per heavy atom. The van der Waals surface area contributed by atoms with Gasteiger partial charge < -0.3 is 13.7 Å². The average Bonchev–Trinajstić information content (AvgIpc) is 2.61. The Balaban J connectivity index is 2.06. The van der Waals surface area contributed by atoms with E-state index in [9.17, 15) is 18.0 Å². The van der Waals surface area contributed by atoms with Crippen LogP contribution in [-0.4, -0.2) is 32.3 Å². The Morgan fingerprint density at radius 3 is 2.13 bits per heavy atom. The highest BCUT2D eigenvalue weighted by atomic mass is 32.2. The number of carbonyl (C=O) groups excluding carboxylic acids is 2. The molecule has 0 saturated carbocycles. The van der Waals surface area contributed by atoms with Gasteiger partial charge >= 0.3 is 22.2 Å². The second-order valence-electron chi connectivity index (χ2n) is 7.44. The van der Waals surface area contributed by atoms with Crippen molar-refractivity contribution in [3.63, 3.8) is 0 Å². The zero-order chi connectivity index (χ0) is 22.4. The van der Waals surface area contributed by atoms with Crippen LogP contribution >= 0.6 is 0 Å². The third kappa shape index (κ3) is 7.75. The monoisotopic (exact) mass is 435 g/mol. The van der Waals surface area contributed by atoms with E-state index in [1.54, 1.807) is 51.1 Å². The molecule has 0 aliphatic rings. The summed E-state index contributed by atoms with van der Waals surface area (Å²) >= 11 is 0. The maximum absolute atomic E-state index is 12.3. The van der Waals surface area contributed by atoms with Crippen LogP contribution in [0.4, 0.5) is 4.79 Å². The van der Waals surface area contributed by atoms with Gasteiger partial charge in [-0.15, -0.1) is 0 Å². The molecule has 0 heterocycles. The van der Waals surface area contributed by atoms with Crippen molar-refractivity contribution in [1.29, 1.82) is 0 Å². The SMILES string of the molecule is CC(=O)OC(Cc1ccc(OS(=O)(=O)c2ccccc2)cc1)NC(=O)OC(C)(C)C. The molecule has 2 rings (SSSR count). The van der Waals surface area contributed by atoms with Crippen molar-refractivity contribution in [3.8, 4) is 5.75 Å². The van der Waals surface area contributed by atoms with E-state index in [1.807, 2.05) is 0 Å². The molecule has 30 heavy (non-hydrogen) atoms. The first-order chi connectivity index (χ1) is 13.9. The normalized spacial score (nSPS) is 12.5. The maximum atomic E-state index is 12.3. The van der Waals surface area contributed by atoms with Gasteiger partial charge in [0.15, 0.2) is 6.23 Å². The Bertz CT molecular complexity index is 965. The summed E-state index contributed by atoms with van der Waals surface area (Å²) in [5.41, 5.74) is -0.0181. The third-order valence-corrected chi connectivity index (χ3v) is 4.83. The molecule has 0 radical (unpaired) electrons. The lowest BCUT2D eigenvalue weighted by atomic mass is 10.1. The quantitative estimate of drug-likeness (QED) is 0.403. The third-order valence-electron chi connectivity index (χ3n) is 3.57. The van der Waals surface area contributed by atoms with E-state index in [0.717, 1.165) is 0 Å². The molecular formula is C21H25NO7S. The molecule has 8 nitrogen and oxygen atoms in total. The predicted octanol–water partition coefficient (Wildman–Crippen LogP) is 3.41. The van der Waals surface area contributed by atoms with Crippen LogP contribution in [0.15, 0.2) is 59.5 Å². The molecule has 0 bridgehead atoms. The number of alkyl carbamates (subject to hydrolysis) is 1. The highest BCUT2D eigenvalue weighted by molar-refractivity contribution is 7.87. The largest absolute Gasteiger partial charge is 0.444 e. The van der Waals surface area contributed by atoms with Crippen LogP contribution in [0.5, 0.6) is 5.75 Å². The maximum Gasteiger partial charge on any atom is 0.410 e. The standard InChI is InChI=1S/C21H25NO7S/c1-15(23)27-19(22-20(24)28-21(2,3)4)14-16-10-12-17(13-11-16)29-30(25,26)18-8-6-5-7-9-18/h5-13,19H,14H2,1-4H3,(H,22,24). The lowest BCUT2D eigenvalue weighted by molar-refractivity contribution is -0.147. The molecule has 162 valence electrons. The van der Waals surface area contributed by atoms with Crippen LogP contribution in [0.25, 0.3) is 0 Å². The fourth-order valence-corrected chi connectivity index (χ4v) is 3.37. The van der Waals surface area contributed by atoms with Gasteiger partial charge in [0.25, 0.3) is 0 Å². The zero-order valence-corrected chi connectivity index (χ0v) is 18.1. The molecule has 1 atom stereocenters. The minimum Gasteiger partial charge on any atom is -0.444 e. The topological polar surface area (TPSA) is 108 Å². The second kappa shape index (κ2) is 9.62. The molecule has 1 amide bonds. The molecule has 0 aromatic heterocycles. The van der Waals surface area contributed by atoms with E-state index in [1.165, 1.54) is 31.2 Å². The minimum absolute atomic E-state index is 0.0468. The Labute approximate surface area is 176 Å². The van der Waals surface area contributed by atoms with Crippen LogP contribution in [0.3, 0.4) is 0 Å². The number of hydrogen-bond acceptors (Lipinski definition) is 7. The first-order valence-corrected chi connectivity index (χ1v) is 10.6. The summed E-state index contributed by atoms with van der Waals surface area (Å²) in [5.74, 6) is -0.434. The van der Waals surface area contributed by atoms with Crippen molar-refractivity contribution in [1.82, 2.24) is 5.32 Å². The highest BCUT2D eigenvalue weighted by Gasteiger charge is 2.22. The molecule has 0 aliphatic carbocycles. The summed E-state index contributed by atoms with van der Waals surface area (Å²) < 4.78 is 40.0. The number of amides is 1. The highest BCUT2D eigenvalue weighted by Crippen LogP contribution is 2.20. The van der Waals surface area contributed by atoms with E-state index in [0.29, 0.717) is 5.56 Å². The first-order valence-electron chi connectivity index (χ1n) is 9.20. The molecule has 0 saturated heterocycles. The fourth-order valence-electron chi connectivity index (χ4n) is 2.42. The van der Waals surface area contributed by atoms with Gasteiger partial charge in [0.05, 0.1) is 0 Å². The van der Waals surface area contributed by atoms with Crippen molar-refractivity contribution < 1.29 is 31.7 Å². The van der Waals surface area contributed by atoms with Gasteiger partial charge in [-0.1, -0.05) is 30.3 Å². The summed E-state index contributed by atoms with van der Waals surface area (Å²) in [7, 11) is -3.94. The van der Waals surface area contributed by atoms with E-state index in [4.69, 9.17) is 13.7 Å². The number of nitrogens with one attached hydrogen (secondary N) is 1. The first kappa shape index (κ1) is 23.2. The molecule has 1 N–H and O–H groups in total. The van der Waals surface area contributed by atoms with Gasteiger partial charge in [-0.3, -0.25) is 10.1 Å². The summed E-state index contributed by atoms with van der Waals surface area (Å²) in [5, 5.41) is 2.50. The molecule has 0 fully saturated rings. The van der Waals surface area contributed by atoms with Gasteiger partial charge in [-0.25, -0.2) is 4.79 Å². The number of carbonyl (C=O) groups is 2. The summed E-state index contributed by atoms with van der Waals surface area (Å²) in [6, 6.07) is 14.0. The number of benzene rings is 2. The molecule has 2 aromatic carbocycles. The van der Waals surface area contributed by atoms with Gasteiger partial charge in [-0.05, 0) is 50.6 Å². The number of hydrogen-bond donors (Lipinski definition) is 1. The van der Waals surface area contributed by atoms with Crippen LogP contribution in [-0.2, 0) is 30.8 Å². The number of esters is 1. The average molecular weight is 435 g/mol. The van der Waals surface area contributed by atoms with Gasteiger partial charge in [0.2, 0.25) is 0 Å². The predicted molar refractivity (Wildman–Crippen MR) is 109 cm³/mol. The van der Waals surface area contributed by atoms with Crippen LogP contribution in [0.2, 0.25) is 0 Å². The molecule has 0 aliphatic heterocycles. The van der Waals surface area contributed by atoms with Gasteiger partial charge in [0, 0.05) is 13.3 Å². The number of rotatable bonds is 7. The van der Waals surface area contributed by atoms with E-state index >= 15 is 0 Å². The van der Waals surface area contributed by atoms with Crippen molar-refractivity contribution >= 4 is 22.2 Å². The minimum atomic E-state index is -3.94. The smallest absolute Gasteiger partial charge is 0.410 e. The van der Waals surface area contributed by atoms with Crippen LogP contribution < -0.4 is 9.50 Å². The summed E-state index contributed by atoms with van der Waals surface area (Å²) in [6.45, 7) is 6.38. The fraction of sp³-hybridized carbons (Fsp3) is 0.333. The molecular weight excluding hydrogens is 410 g/mol. The van der Waals surface area contributed by atoms with Crippen LogP contribution in [0.1, 0.15) is 33.3 Å². The van der Waals surface area contributed by atoms with E-state index in [2.05, 4.69) is 5.32 Å². The zero-order valence-electron chi connectivity index (χ0n) is 17.2. The van der Waals surface area contributed by atoms with Crippen LogP contribution in [0, 0.1) is 0 Å². The van der Waals surface area contributed by atoms with Crippen molar-refractivity contribution in [2.45, 2.75) is 50.8 Å². The Morgan fingerprint density at radius 1 is 1.00 bits per heavy atom. The van der Waals surface area contributed by atoms with Crippen molar-refractivity contribution in [2.75, 3.05) is 0 Å². The summed E-state index contributed by atoms with van der Waals surface area (Å²) in [4.78, 5) is 23.4. The lowest BCUT2D eigenvalue weighted by Crippen LogP contribution is -2.42. The van der Waals surface area contributed by atoms with Crippen molar-refractivity contribution in [3.05, 3.63) is 60.2 Å². The molecule has 2 aromatic rings. The van der Waals surface area contributed by atoms with Crippen molar-refractivity contribution in [2.24, 2.45) is 0 Å². The second-order valence-corrected chi connectivity index (χ2v) is 8.99. The van der Waals surface area contributed by atoms with E-state index < -0.39 is 34.0 Å². The van der Waals surface area contributed by atoms with E-state index in [-0.39, 0.29) is 17.1 Å². The molecule has 1 unspecified atom stereocenters. The van der Waals surface area contributed by atoms with Gasteiger partial charge in [-0.2, -0.15) is 8.42 Å². The van der Waals surface area contributed by atoms with Gasteiger partial charge in [0.1, 0.15) is 16.2 Å². The number of ether oxygens (including phenoxy) is 2. The molecule has 9 heteroatoms.